The molecule has 0 atom stereocenters. The topological polar surface area (TPSA) is 77.2 Å². The lowest BCUT2D eigenvalue weighted by Crippen LogP contribution is -2.09. The third-order valence-electron chi connectivity index (χ3n) is 1.94. The van der Waals surface area contributed by atoms with Crippen molar-refractivity contribution in [3.05, 3.63) is 12.4 Å². The highest BCUT2D eigenvalue weighted by Crippen LogP contribution is 2.05. The predicted octanol–water partition coefficient (Wildman–Crippen LogP) is -0.0323. The fourth-order valence-corrected chi connectivity index (χ4v) is 1.23. The maximum Gasteiger partial charge on any atom is 0.199 e. The first-order valence-electron chi connectivity index (χ1n) is 4.67. The highest BCUT2D eigenvalue weighted by molar-refractivity contribution is 5.43. The van der Waals surface area contributed by atoms with E-state index in [2.05, 4.69) is 25.8 Å². The quantitative estimate of drug-likeness (QED) is 0.695. The zero-order chi connectivity index (χ0) is 10.5. The molecule has 7 nitrogen and oxygen atoms in total. The van der Waals surface area contributed by atoms with Crippen LogP contribution in [0.3, 0.4) is 0 Å². The van der Waals surface area contributed by atoms with E-state index in [1.807, 2.05) is 0 Å². The van der Waals surface area contributed by atoms with Crippen LogP contribution < -0.4 is 5.32 Å². The van der Waals surface area contributed by atoms with Crippen molar-refractivity contribution in [2.75, 3.05) is 25.6 Å². The zero-order valence-electron chi connectivity index (χ0n) is 8.42. The molecular weight excluding hydrogens is 196 g/mol. The number of nitrogens with zero attached hydrogens (tertiary/aromatic N) is 5. The third kappa shape index (κ3) is 2.18. The van der Waals surface area contributed by atoms with Crippen molar-refractivity contribution in [2.24, 2.45) is 0 Å². The van der Waals surface area contributed by atoms with Gasteiger partial charge in [0.15, 0.2) is 5.65 Å². The van der Waals surface area contributed by atoms with Crippen LogP contribution in [0.4, 0.5) is 5.82 Å². The van der Waals surface area contributed by atoms with E-state index < -0.39 is 0 Å². The molecule has 0 fully saturated rings. The minimum absolute atomic E-state index is 0.631. The van der Waals surface area contributed by atoms with Gasteiger partial charge in [-0.3, -0.25) is 4.98 Å². The van der Waals surface area contributed by atoms with Crippen LogP contribution in [-0.2, 0) is 4.74 Å². The monoisotopic (exact) mass is 208 g/mol. The van der Waals surface area contributed by atoms with Crippen LogP contribution >= 0.6 is 0 Å². The molecule has 80 valence electrons. The van der Waals surface area contributed by atoms with Gasteiger partial charge < -0.3 is 10.1 Å². The van der Waals surface area contributed by atoms with Crippen molar-refractivity contribution in [2.45, 2.75) is 6.42 Å². The van der Waals surface area contributed by atoms with Crippen molar-refractivity contribution in [3.63, 3.8) is 0 Å². The zero-order valence-corrected chi connectivity index (χ0v) is 8.42. The number of ether oxygens (including phenoxy) is 1. The standard InChI is InChI=1S/C8H12N6O/c1-15-4-2-3-10-7-5-9-6-8-11-12-13-14(7)8/h5-6,10H,2-4H2,1H3. The second kappa shape index (κ2) is 4.65. The Hall–Kier alpha value is -1.76. The summed E-state index contributed by atoms with van der Waals surface area (Å²) < 4.78 is 6.56. The van der Waals surface area contributed by atoms with Crippen LogP contribution in [0.2, 0.25) is 0 Å². The molecule has 2 aromatic heterocycles. The molecule has 7 heteroatoms. The Labute approximate surface area is 86.5 Å². The van der Waals surface area contributed by atoms with E-state index >= 15 is 0 Å². The van der Waals surface area contributed by atoms with E-state index in [-0.39, 0.29) is 0 Å². The van der Waals surface area contributed by atoms with Gasteiger partial charge in [0, 0.05) is 20.3 Å². The van der Waals surface area contributed by atoms with E-state index in [4.69, 9.17) is 4.74 Å². The summed E-state index contributed by atoms with van der Waals surface area (Å²) in [5.74, 6) is 0.786. The molecule has 0 aliphatic carbocycles. The van der Waals surface area contributed by atoms with Crippen molar-refractivity contribution in [1.82, 2.24) is 25.0 Å². The summed E-state index contributed by atoms with van der Waals surface area (Å²) in [6.45, 7) is 1.53. The lowest BCUT2D eigenvalue weighted by molar-refractivity contribution is 0.197. The fourth-order valence-electron chi connectivity index (χ4n) is 1.23. The summed E-state index contributed by atoms with van der Waals surface area (Å²) in [6, 6.07) is 0. The number of fused-ring (bicyclic) bond motifs is 1. The van der Waals surface area contributed by atoms with Crippen LogP contribution in [-0.4, -0.2) is 45.3 Å². The van der Waals surface area contributed by atoms with Crippen LogP contribution in [0, 0.1) is 0 Å². The molecule has 15 heavy (non-hydrogen) atoms. The van der Waals surface area contributed by atoms with Crippen molar-refractivity contribution in [1.29, 1.82) is 0 Å². The van der Waals surface area contributed by atoms with Gasteiger partial charge in [-0.25, -0.2) is 0 Å². The lowest BCUT2D eigenvalue weighted by Gasteiger charge is -2.05. The van der Waals surface area contributed by atoms with E-state index in [0.717, 1.165) is 25.4 Å². The molecule has 0 aromatic carbocycles. The summed E-state index contributed by atoms with van der Waals surface area (Å²) in [5.41, 5.74) is 0.631. The van der Waals surface area contributed by atoms with Crippen LogP contribution in [0.5, 0.6) is 0 Å². The van der Waals surface area contributed by atoms with Gasteiger partial charge in [0.2, 0.25) is 0 Å². The summed E-state index contributed by atoms with van der Waals surface area (Å²) in [5, 5.41) is 14.4. The van der Waals surface area contributed by atoms with Gasteiger partial charge in [0.05, 0.1) is 12.4 Å². The molecule has 0 spiro atoms. The fraction of sp³-hybridized carbons (Fsp3) is 0.500. The van der Waals surface area contributed by atoms with Gasteiger partial charge in [-0.1, -0.05) is 0 Å². The van der Waals surface area contributed by atoms with E-state index in [9.17, 15) is 0 Å². The maximum absolute atomic E-state index is 4.95. The number of anilines is 1. The first-order valence-corrected chi connectivity index (χ1v) is 4.67. The number of nitrogens with one attached hydrogen (secondary N) is 1. The molecule has 0 saturated carbocycles. The third-order valence-corrected chi connectivity index (χ3v) is 1.94. The molecular formula is C8H12N6O. The molecule has 1 N–H and O–H groups in total. The summed E-state index contributed by atoms with van der Waals surface area (Å²) in [4.78, 5) is 4.03. The number of hydrogen-bond donors (Lipinski definition) is 1. The Morgan fingerprint density at radius 3 is 3.27 bits per heavy atom. The molecule has 0 aliphatic heterocycles. The average molecular weight is 208 g/mol. The largest absolute Gasteiger partial charge is 0.385 e. The first-order chi connectivity index (χ1) is 7.42. The van der Waals surface area contributed by atoms with Gasteiger partial charge in [0.1, 0.15) is 5.82 Å². The second-order valence-electron chi connectivity index (χ2n) is 3.01. The SMILES string of the molecule is COCCCNc1cncc2nnnn12. The van der Waals surface area contributed by atoms with Crippen LogP contribution in [0.1, 0.15) is 6.42 Å². The highest BCUT2D eigenvalue weighted by Gasteiger charge is 2.02. The molecule has 0 amide bonds. The van der Waals surface area contributed by atoms with Gasteiger partial charge in [-0.2, -0.15) is 4.52 Å². The molecule has 0 bridgehead atoms. The molecule has 0 saturated heterocycles. The smallest absolute Gasteiger partial charge is 0.199 e. The van der Waals surface area contributed by atoms with E-state index in [1.54, 1.807) is 24.0 Å². The van der Waals surface area contributed by atoms with Gasteiger partial charge in [-0.15, -0.1) is 5.10 Å². The Kier molecular flexibility index (Phi) is 3.03. The number of tetrazole rings is 1. The molecule has 0 aliphatic rings. The maximum atomic E-state index is 4.95. The highest BCUT2D eigenvalue weighted by atomic mass is 16.5. The lowest BCUT2D eigenvalue weighted by atomic mass is 10.4. The minimum atomic E-state index is 0.631. The minimum Gasteiger partial charge on any atom is -0.385 e. The van der Waals surface area contributed by atoms with Crippen molar-refractivity contribution >= 4 is 11.5 Å². The molecule has 0 unspecified atom stereocenters. The van der Waals surface area contributed by atoms with Crippen LogP contribution in [0.15, 0.2) is 12.4 Å². The predicted molar refractivity (Wildman–Crippen MR) is 53.6 cm³/mol. The van der Waals surface area contributed by atoms with E-state index in [1.165, 1.54) is 0 Å². The Bertz CT molecular complexity index is 428. The first kappa shape index (κ1) is 9.78. The van der Waals surface area contributed by atoms with Crippen molar-refractivity contribution < 1.29 is 4.74 Å². The average Bonchev–Trinajstić information content (AvgIpc) is 2.73. The van der Waals surface area contributed by atoms with E-state index in [0.29, 0.717) is 5.65 Å². The van der Waals surface area contributed by atoms with Crippen molar-refractivity contribution in [3.8, 4) is 0 Å². The second-order valence-corrected chi connectivity index (χ2v) is 3.01. The molecule has 2 rings (SSSR count). The number of methoxy groups -OCH3 is 1. The number of hydrogen-bond acceptors (Lipinski definition) is 6. The van der Waals surface area contributed by atoms with Gasteiger partial charge in [0.25, 0.3) is 0 Å². The molecule has 2 aromatic rings. The van der Waals surface area contributed by atoms with Gasteiger partial charge >= 0.3 is 0 Å². The van der Waals surface area contributed by atoms with Gasteiger partial charge in [-0.05, 0) is 16.8 Å². The number of aromatic nitrogens is 5. The summed E-state index contributed by atoms with van der Waals surface area (Å²) in [7, 11) is 1.68. The molecule has 0 radical (unpaired) electrons. The van der Waals surface area contributed by atoms with Crippen LogP contribution in [0.25, 0.3) is 5.65 Å². The Morgan fingerprint density at radius 2 is 2.40 bits per heavy atom. The molecule has 2 heterocycles. The Morgan fingerprint density at radius 1 is 1.47 bits per heavy atom. The summed E-state index contributed by atoms with van der Waals surface area (Å²) in [6.07, 6.45) is 4.23. The normalized spacial score (nSPS) is 10.7. The summed E-state index contributed by atoms with van der Waals surface area (Å²) >= 11 is 0. The number of rotatable bonds is 5. The Balaban J connectivity index is 2.04.